The number of pyridine rings is 1. The van der Waals surface area contributed by atoms with Crippen LogP contribution in [0.3, 0.4) is 0 Å². The molecule has 0 unspecified atom stereocenters. The molecule has 0 bridgehead atoms. The summed E-state index contributed by atoms with van der Waals surface area (Å²) in [6.07, 6.45) is 1.95. The Labute approximate surface area is 152 Å². The SMILES string of the molecule is c1ccc2nc(N3CCN(Cn4ncc5ccccc54)CC3)ccc2c1. The van der Waals surface area contributed by atoms with Crippen LogP contribution < -0.4 is 4.90 Å². The van der Waals surface area contributed by atoms with Crippen molar-refractivity contribution in [1.29, 1.82) is 0 Å². The summed E-state index contributed by atoms with van der Waals surface area (Å²) in [5.41, 5.74) is 2.27. The van der Waals surface area contributed by atoms with Crippen molar-refractivity contribution < 1.29 is 0 Å². The van der Waals surface area contributed by atoms with Gasteiger partial charge in [0.05, 0.1) is 23.9 Å². The average Bonchev–Trinajstić information content (AvgIpc) is 3.11. The van der Waals surface area contributed by atoms with Crippen LogP contribution in [0.2, 0.25) is 0 Å². The van der Waals surface area contributed by atoms with Crippen molar-refractivity contribution >= 4 is 27.6 Å². The maximum atomic E-state index is 4.83. The van der Waals surface area contributed by atoms with Crippen molar-refractivity contribution in [2.75, 3.05) is 31.1 Å². The van der Waals surface area contributed by atoms with E-state index in [0.29, 0.717) is 0 Å². The molecule has 130 valence electrons. The molecule has 1 aliphatic rings. The molecule has 4 aromatic rings. The van der Waals surface area contributed by atoms with Gasteiger partial charge in [-0.1, -0.05) is 36.4 Å². The summed E-state index contributed by atoms with van der Waals surface area (Å²) in [5.74, 6) is 1.08. The second-order valence-electron chi connectivity index (χ2n) is 6.81. The van der Waals surface area contributed by atoms with Crippen molar-refractivity contribution in [1.82, 2.24) is 19.7 Å². The monoisotopic (exact) mass is 343 g/mol. The first-order valence-corrected chi connectivity index (χ1v) is 9.10. The van der Waals surface area contributed by atoms with Crippen molar-refractivity contribution in [2.45, 2.75) is 6.67 Å². The zero-order valence-electron chi connectivity index (χ0n) is 14.6. The molecule has 1 fully saturated rings. The number of hydrogen-bond acceptors (Lipinski definition) is 4. The fourth-order valence-electron chi connectivity index (χ4n) is 3.68. The van der Waals surface area contributed by atoms with E-state index in [9.17, 15) is 0 Å². The smallest absolute Gasteiger partial charge is 0.129 e. The lowest BCUT2D eigenvalue weighted by molar-refractivity contribution is 0.199. The Morgan fingerprint density at radius 2 is 1.54 bits per heavy atom. The van der Waals surface area contributed by atoms with Crippen LogP contribution in [0.25, 0.3) is 21.8 Å². The number of anilines is 1. The predicted octanol–water partition coefficient (Wildman–Crippen LogP) is 3.36. The van der Waals surface area contributed by atoms with Gasteiger partial charge >= 0.3 is 0 Å². The van der Waals surface area contributed by atoms with Crippen LogP contribution in [0.1, 0.15) is 0 Å². The van der Waals surface area contributed by atoms with E-state index < -0.39 is 0 Å². The molecule has 3 heterocycles. The highest BCUT2D eigenvalue weighted by Crippen LogP contribution is 2.20. The molecular formula is C21H21N5. The number of benzene rings is 2. The van der Waals surface area contributed by atoms with Crippen molar-refractivity contribution in [3.8, 4) is 0 Å². The van der Waals surface area contributed by atoms with E-state index in [2.05, 4.69) is 74.2 Å². The minimum absolute atomic E-state index is 0.840. The topological polar surface area (TPSA) is 37.2 Å². The van der Waals surface area contributed by atoms with Gasteiger partial charge in [0.15, 0.2) is 0 Å². The lowest BCUT2D eigenvalue weighted by Gasteiger charge is -2.35. The standard InChI is InChI=1S/C21H21N5/c1-3-7-19-17(5-1)9-10-21(23-19)25-13-11-24(12-14-25)16-26-20-8-4-2-6-18(20)15-22-26/h1-10,15H,11-14,16H2. The van der Waals surface area contributed by atoms with Crippen molar-refractivity contribution in [3.05, 3.63) is 66.9 Å². The molecule has 2 aromatic heterocycles. The van der Waals surface area contributed by atoms with Gasteiger partial charge in [0.1, 0.15) is 5.82 Å². The zero-order chi connectivity index (χ0) is 17.3. The molecule has 0 amide bonds. The maximum Gasteiger partial charge on any atom is 0.129 e. The minimum atomic E-state index is 0.840. The van der Waals surface area contributed by atoms with E-state index in [1.807, 2.05) is 12.3 Å². The van der Waals surface area contributed by atoms with Crippen LogP contribution in [0.15, 0.2) is 66.9 Å². The molecule has 0 spiro atoms. The lowest BCUT2D eigenvalue weighted by Crippen LogP contribution is -2.47. The Morgan fingerprint density at radius 3 is 2.42 bits per heavy atom. The van der Waals surface area contributed by atoms with Crippen LogP contribution >= 0.6 is 0 Å². The zero-order valence-corrected chi connectivity index (χ0v) is 14.6. The summed E-state index contributed by atoms with van der Waals surface area (Å²) in [7, 11) is 0. The fraction of sp³-hybridized carbons (Fsp3) is 0.238. The van der Waals surface area contributed by atoms with E-state index >= 15 is 0 Å². The molecule has 5 rings (SSSR count). The Morgan fingerprint density at radius 1 is 0.769 bits per heavy atom. The Balaban J connectivity index is 1.28. The van der Waals surface area contributed by atoms with Crippen LogP contribution in [0.5, 0.6) is 0 Å². The number of nitrogens with zero attached hydrogens (tertiary/aromatic N) is 5. The molecule has 0 atom stereocenters. The second-order valence-corrected chi connectivity index (χ2v) is 6.81. The van der Waals surface area contributed by atoms with Crippen molar-refractivity contribution in [3.63, 3.8) is 0 Å². The lowest BCUT2D eigenvalue weighted by atomic mass is 10.2. The van der Waals surface area contributed by atoms with E-state index in [1.165, 1.54) is 16.3 Å². The van der Waals surface area contributed by atoms with Crippen LogP contribution in [-0.4, -0.2) is 45.8 Å². The third-order valence-electron chi connectivity index (χ3n) is 5.16. The quantitative estimate of drug-likeness (QED) is 0.572. The van der Waals surface area contributed by atoms with Gasteiger partial charge in [-0.3, -0.25) is 9.58 Å². The number of fused-ring (bicyclic) bond motifs is 2. The molecule has 26 heavy (non-hydrogen) atoms. The molecule has 1 aliphatic heterocycles. The molecule has 0 N–H and O–H groups in total. The molecule has 2 aromatic carbocycles. The molecule has 0 radical (unpaired) electrons. The van der Waals surface area contributed by atoms with E-state index in [-0.39, 0.29) is 0 Å². The predicted molar refractivity (Wildman–Crippen MR) is 105 cm³/mol. The van der Waals surface area contributed by atoms with Crippen LogP contribution in [0.4, 0.5) is 5.82 Å². The van der Waals surface area contributed by atoms with Gasteiger partial charge in [0.2, 0.25) is 0 Å². The molecule has 5 nitrogen and oxygen atoms in total. The van der Waals surface area contributed by atoms with Crippen LogP contribution in [-0.2, 0) is 6.67 Å². The number of rotatable bonds is 3. The van der Waals surface area contributed by atoms with E-state index in [1.54, 1.807) is 0 Å². The Bertz CT molecular complexity index is 1050. The number of piperazine rings is 1. The summed E-state index contributed by atoms with van der Waals surface area (Å²) >= 11 is 0. The van der Waals surface area contributed by atoms with E-state index in [4.69, 9.17) is 4.98 Å². The molecule has 1 saturated heterocycles. The average molecular weight is 343 g/mol. The number of para-hydroxylation sites is 2. The fourth-order valence-corrected chi connectivity index (χ4v) is 3.68. The second kappa shape index (κ2) is 6.42. The third-order valence-corrected chi connectivity index (χ3v) is 5.16. The first-order chi connectivity index (χ1) is 12.9. The van der Waals surface area contributed by atoms with Gasteiger partial charge in [-0.15, -0.1) is 0 Å². The summed E-state index contributed by atoms with van der Waals surface area (Å²) in [5, 5.41) is 6.95. The summed E-state index contributed by atoms with van der Waals surface area (Å²) in [6.45, 7) is 4.85. The van der Waals surface area contributed by atoms with Gasteiger partial charge in [-0.2, -0.15) is 5.10 Å². The van der Waals surface area contributed by atoms with Gasteiger partial charge in [0, 0.05) is 37.0 Å². The van der Waals surface area contributed by atoms with Gasteiger partial charge in [-0.25, -0.2) is 4.98 Å². The third kappa shape index (κ3) is 2.80. The molecule has 0 saturated carbocycles. The highest BCUT2D eigenvalue weighted by atomic mass is 15.4. The van der Waals surface area contributed by atoms with Crippen LogP contribution in [0, 0.1) is 0 Å². The van der Waals surface area contributed by atoms with E-state index in [0.717, 1.165) is 44.2 Å². The summed E-state index contributed by atoms with van der Waals surface area (Å²) < 4.78 is 2.10. The first-order valence-electron chi connectivity index (χ1n) is 9.10. The maximum absolute atomic E-state index is 4.83. The van der Waals surface area contributed by atoms with Gasteiger partial charge in [0.25, 0.3) is 0 Å². The largest absolute Gasteiger partial charge is 0.354 e. The Kier molecular flexibility index (Phi) is 3.79. The van der Waals surface area contributed by atoms with Gasteiger partial charge < -0.3 is 4.90 Å². The highest BCUT2D eigenvalue weighted by molar-refractivity contribution is 5.80. The summed E-state index contributed by atoms with van der Waals surface area (Å²) in [6, 6.07) is 21.0. The van der Waals surface area contributed by atoms with Gasteiger partial charge in [-0.05, 0) is 24.3 Å². The normalized spacial score (nSPS) is 15.8. The minimum Gasteiger partial charge on any atom is -0.354 e. The number of aromatic nitrogens is 3. The molecule has 0 aliphatic carbocycles. The summed E-state index contributed by atoms with van der Waals surface area (Å²) in [4.78, 5) is 9.66. The highest BCUT2D eigenvalue weighted by Gasteiger charge is 2.19. The van der Waals surface area contributed by atoms with Crippen molar-refractivity contribution in [2.24, 2.45) is 0 Å². The molecular weight excluding hydrogens is 322 g/mol. The first kappa shape index (κ1) is 15.3. The number of hydrogen-bond donors (Lipinski definition) is 0. The molecule has 5 heteroatoms. The Hall–Kier alpha value is -2.92.